The number of hydrogen-bond acceptors (Lipinski definition) is 1. The van der Waals surface area contributed by atoms with E-state index >= 15 is 0 Å². The number of nitrogens with zero attached hydrogens (tertiary/aromatic N) is 2. The van der Waals surface area contributed by atoms with Crippen molar-refractivity contribution in [3.8, 4) is 6.07 Å². The van der Waals surface area contributed by atoms with E-state index in [1.165, 1.54) is 0 Å². The zero-order valence-electron chi connectivity index (χ0n) is 9.83. The van der Waals surface area contributed by atoms with Gasteiger partial charge in [-0.25, -0.2) is 0 Å². The van der Waals surface area contributed by atoms with Crippen LogP contribution in [0.5, 0.6) is 0 Å². The maximum Gasteiger partial charge on any atom is 0.167 e. The molecule has 2 nitrogen and oxygen atoms in total. The molecule has 0 aromatic rings. The molecule has 0 spiro atoms. The molecule has 0 atom stereocenters. The fourth-order valence-electron chi connectivity index (χ4n) is 2.46. The summed E-state index contributed by atoms with van der Waals surface area (Å²) in [6.45, 7) is 13.9. The van der Waals surface area contributed by atoms with E-state index in [1.807, 2.05) is 0 Å². The van der Waals surface area contributed by atoms with Crippen molar-refractivity contribution in [1.29, 1.82) is 5.26 Å². The molecule has 0 fully saturated rings. The normalized spacial score (nSPS) is 12.6. The lowest BCUT2D eigenvalue weighted by atomic mass is 10.1. The summed E-state index contributed by atoms with van der Waals surface area (Å²) >= 11 is 0. The Morgan fingerprint density at radius 2 is 1.23 bits per heavy atom. The summed E-state index contributed by atoms with van der Waals surface area (Å²) in [5.41, 5.74) is 0. The zero-order chi connectivity index (χ0) is 10.6. The number of hydrogen-bond donors (Lipinski definition) is 0. The molecular formula is C11H23N2+. The van der Waals surface area contributed by atoms with E-state index in [4.69, 9.17) is 5.26 Å². The van der Waals surface area contributed by atoms with E-state index in [9.17, 15) is 0 Å². The molecule has 0 rings (SSSR count). The van der Waals surface area contributed by atoms with Crippen LogP contribution in [0.4, 0.5) is 0 Å². The molecular weight excluding hydrogens is 160 g/mol. The molecule has 0 N–H and O–H groups in total. The molecule has 0 radical (unpaired) electrons. The van der Waals surface area contributed by atoms with Gasteiger partial charge in [0.1, 0.15) is 6.07 Å². The topological polar surface area (TPSA) is 23.8 Å². The van der Waals surface area contributed by atoms with Crippen molar-refractivity contribution in [1.82, 2.24) is 0 Å². The number of quaternary nitrogens is 1. The van der Waals surface area contributed by atoms with Crippen molar-refractivity contribution in [3.63, 3.8) is 0 Å². The molecule has 0 aliphatic carbocycles. The van der Waals surface area contributed by atoms with E-state index in [-0.39, 0.29) is 0 Å². The Morgan fingerprint density at radius 1 is 0.923 bits per heavy atom. The predicted molar refractivity (Wildman–Crippen MR) is 56.1 cm³/mol. The second kappa shape index (κ2) is 4.62. The van der Waals surface area contributed by atoms with Crippen LogP contribution in [0.3, 0.4) is 0 Å². The minimum absolute atomic E-state index is 0.514. The maximum absolute atomic E-state index is 8.88. The van der Waals surface area contributed by atoms with Gasteiger partial charge in [-0.15, -0.1) is 0 Å². The van der Waals surface area contributed by atoms with Crippen LogP contribution in [-0.2, 0) is 0 Å². The van der Waals surface area contributed by atoms with Gasteiger partial charge >= 0.3 is 0 Å². The molecule has 2 heteroatoms. The SMILES string of the molecule is CC(C)[N+](CC#N)(C(C)C)C(C)C. The Morgan fingerprint density at radius 3 is 1.31 bits per heavy atom. The zero-order valence-corrected chi connectivity index (χ0v) is 9.83. The second-order valence-corrected chi connectivity index (χ2v) is 4.59. The maximum atomic E-state index is 8.88. The molecule has 76 valence electrons. The van der Waals surface area contributed by atoms with Crippen LogP contribution in [-0.4, -0.2) is 29.2 Å². The Hall–Kier alpha value is -0.550. The molecule has 0 amide bonds. The van der Waals surface area contributed by atoms with Crippen molar-refractivity contribution in [2.24, 2.45) is 0 Å². The first-order chi connectivity index (χ1) is 5.89. The van der Waals surface area contributed by atoms with E-state index in [2.05, 4.69) is 47.6 Å². The van der Waals surface area contributed by atoms with Crippen LogP contribution in [0, 0.1) is 11.3 Å². The average molecular weight is 183 g/mol. The van der Waals surface area contributed by atoms with Gasteiger partial charge in [-0.2, -0.15) is 5.26 Å². The van der Waals surface area contributed by atoms with Crippen molar-refractivity contribution >= 4 is 0 Å². The summed E-state index contributed by atoms with van der Waals surface area (Å²) in [4.78, 5) is 0. The lowest BCUT2D eigenvalue weighted by Gasteiger charge is -2.47. The predicted octanol–water partition coefficient (Wildman–Crippen LogP) is 2.55. The lowest BCUT2D eigenvalue weighted by molar-refractivity contribution is -0.979. The average Bonchev–Trinajstić information content (AvgIpc) is 1.97. The number of rotatable bonds is 4. The molecule has 0 aromatic carbocycles. The molecule has 13 heavy (non-hydrogen) atoms. The molecule has 0 heterocycles. The van der Waals surface area contributed by atoms with Crippen LogP contribution in [0.2, 0.25) is 0 Å². The van der Waals surface area contributed by atoms with E-state index in [0.717, 1.165) is 4.48 Å². The first kappa shape index (κ1) is 12.4. The molecule has 0 saturated carbocycles. The second-order valence-electron chi connectivity index (χ2n) is 4.59. The van der Waals surface area contributed by atoms with Crippen LogP contribution < -0.4 is 0 Å². The van der Waals surface area contributed by atoms with Crippen molar-refractivity contribution < 1.29 is 4.48 Å². The van der Waals surface area contributed by atoms with E-state index < -0.39 is 0 Å². The molecule has 0 unspecified atom stereocenters. The molecule has 0 bridgehead atoms. The van der Waals surface area contributed by atoms with E-state index in [0.29, 0.717) is 24.7 Å². The van der Waals surface area contributed by atoms with Crippen LogP contribution >= 0.6 is 0 Å². The van der Waals surface area contributed by atoms with Crippen molar-refractivity contribution in [3.05, 3.63) is 0 Å². The summed E-state index contributed by atoms with van der Waals surface area (Å²) in [5.74, 6) is 0. The quantitative estimate of drug-likeness (QED) is 0.485. The Balaban J connectivity index is 4.96. The third-order valence-electron chi connectivity index (χ3n) is 3.23. The minimum Gasteiger partial charge on any atom is -0.306 e. The van der Waals surface area contributed by atoms with Gasteiger partial charge in [0, 0.05) is 0 Å². The third-order valence-corrected chi connectivity index (χ3v) is 3.23. The Kier molecular flexibility index (Phi) is 4.43. The van der Waals surface area contributed by atoms with Crippen molar-refractivity contribution in [2.75, 3.05) is 6.54 Å². The first-order valence-corrected chi connectivity index (χ1v) is 5.13. The largest absolute Gasteiger partial charge is 0.306 e. The van der Waals surface area contributed by atoms with Crippen LogP contribution in [0.1, 0.15) is 41.5 Å². The Bertz CT molecular complexity index is 165. The highest BCUT2D eigenvalue weighted by Crippen LogP contribution is 2.23. The lowest BCUT2D eigenvalue weighted by Crippen LogP contribution is -2.61. The highest BCUT2D eigenvalue weighted by molar-refractivity contribution is 4.73. The molecule has 0 aromatic heterocycles. The number of nitriles is 1. The van der Waals surface area contributed by atoms with Gasteiger partial charge in [0.25, 0.3) is 0 Å². The van der Waals surface area contributed by atoms with Gasteiger partial charge < -0.3 is 4.48 Å². The highest BCUT2D eigenvalue weighted by Gasteiger charge is 2.37. The van der Waals surface area contributed by atoms with Gasteiger partial charge in [0.15, 0.2) is 6.54 Å². The monoisotopic (exact) mass is 183 g/mol. The first-order valence-electron chi connectivity index (χ1n) is 5.13. The molecule has 0 aliphatic rings. The molecule has 0 saturated heterocycles. The van der Waals surface area contributed by atoms with Gasteiger partial charge in [-0.3, -0.25) is 0 Å². The minimum atomic E-state index is 0.514. The van der Waals surface area contributed by atoms with Gasteiger partial charge in [0.2, 0.25) is 0 Å². The van der Waals surface area contributed by atoms with Gasteiger partial charge in [0.05, 0.1) is 18.1 Å². The third kappa shape index (κ3) is 2.22. The van der Waals surface area contributed by atoms with Gasteiger partial charge in [-0.05, 0) is 41.5 Å². The van der Waals surface area contributed by atoms with Crippen LogP contribution in [0.25, 0.3) is 0 Å². The van der Waals surface area contributed by atoms with Gasteiger partial charge in [-0.1, -0.05) is 0 Å². The summed E-state index contributed by atoms with van der Waals surface area (Å²) < 4.78 is 0.899. The molecule has 0 aliphatic heterocycles. The summed E-state index contributed by atoms with van der Waals surface area (Å²) in [6.07, 6.45) is 0. The summed E-state index contributed by atoms with van der Waals surface area (Å²) in [6, 6.07) is 3.87. The highest BCUT2D eigenvalue weighted by atomic mass is 15.4. The fourth-order valence-corrected chi connectivity index (χ4v) is 2.46. The van der Waals surface area contributed by atoms with Crippen LogP contribution in [0.15, 0.2) is 0 Å². The Labute approximate surface area is 82.8 Å². The smallest absolute Gasteiger partial charge is 0.167 e. The summed E-state index contributed by atoms with van der Waals surface area (Å²) in [5, 5.41) is 8.88. The van der Waals surface area contributed by atoms with Crippen molar-refractivity contribution in [2.45, 2.75) is 59.7 Å². The summed E-state index contributed by atoms with van der Waals surface area (Å²) in [7, 11) is 0. The van der Waals surface area contributed by atoms with E-state index in [1.54, 1.807) is 0 Å². The fraction of sp³-hybridized carbons (Fsp3) is 0.909. The standard InChI is InChI=1S/C11H23N2/c1-9(2)13(8-7-12,10(3)4)11(5)6/h9-11H,8H2,1-6H3/q+1.